The fourth-order valence-electron chi connectivity index (χ4n) is 2.24. The average Bonchev–Trinajstić information content (AvgIpc) is 2.42. The van der Waals surface area contributed by atoms with Gasteiger partial charge in [0.05, 0.1) is 5.52 Å². The predicted molar refractivity (Wildman–Crippen MR) is 62.4 cm³/mol. The third-order valence-corrected chi connectivity index (χ3v) is 2.79. The van der Waals surface area contributed by atoms with Crippen LogP contribution in [0.1, 0.15) is 28.4 Å². The molecule has 0 saturated carbocycles. The van der Waals surface area contributed by atoms with Gasteiger partial charge < -0.3 is 4.57 Å². The van der Waals surface area contributed by atoms with Gasteiger partial charge in [0.1, 0.15) is 0 Å². The van der Waals surface area contributed by atoms with E-state index in [-0.39, 0.29) is 5.78 Å². The highest BCUT2D eigenvalue weighted by Gasteiger charge is 2.12. The lowest BCUT2D eigenvalue weighted by molar-refractivity contribution is 0.101. The maximum Gasteiger partial charge on any atom is 0.161 e. The van der Waals surface area contributed by atoms with E-state index in [4.69, 9.17) is 0 Å². The van der Waals surface area contributed by atoms with Crippen molar-refractivity contribution in [3.8, 4) is 0 Å². The van der Waals surface area contributed by atoms with Gasteiger partial charge in [-0.15, -0.1) is 0 Å². The Labute approximate surface area is 89.5 Å². The SMILES string of the molecule is CC(=O)c1cn(C)c2c(C)cc(C)cc12. The number of hydrogen-bond acceptors (Lipinski definition) is 1. The molecule has 0 N–H and O–H groups in total. The van der Waals surface area contributed by atoms with Crippen molar-refractivity contribution in [3.05, 3.63) is 35.0 Å². The van der Waals surface area contributed by atoms with Crippen LogP contribution in [0.25, 0.3) is 10.9 Å². The third kappa shape index (κ3) is 1.46. The zero-order valence-corrected chi connectivity index (χ0v) is 9.59. The Kier molecular flexibility index (Phi) is 2.14. The molecular weight excluding hydrogens is 186 g/mol. The summed E-state index contributed by atoms with van der Waals surface area (Å²) >= 11 is 0. The van der Waals surface area contributed by atoms with Crippen LogP contribution in [0.3, 0.4) is 0 Å². The van der Waals surface area contributed by atoms with Gasteiger partial charge in [-0.1, -0.05) is 11.6 Å². The summed E-state index contributed by atoms with van der Waals surface area (Å²) in [5.74, 6) is 0.130. The molecule has 0 amide bonds. The van der Waals surface area contributed by atoms with Crippen molar-refractivity contribution in [2.24, 2.45) is 7.05 Å². The Balaban J connectivity index is 2.93. The normalized spacial score (nSPS) is 10.9. The number of nitrogens with zero attached hydrogens (tertiary/aromatic N) is 1. The van der Waals surface area contributed by atoms with Gasteiger partial charge in [0, 0.05) is 24.2 Å². The van der Waals surface area contributed by atoms with Gasteiger partial charge >= 0.3 is 0 Å². The zero-order valence-electron chi connectivity index (χ0n) is 9.59. The number of ketones is 1. The molecule has 0 aliphatic carbocycles. The number of carbonyl (C=O) groups excluding carboxylic acids is 1. The minimum absolute atomic E-state index is 0.130. The van der Waals surface area contributed by atoms with E-state index in [9.17, 15) is 4.79 Å². The lowest BCUT2D eigenvalue weighted by Crippen LogP contribution is -1.89. The molecule has 0 atom stereocenters. The summed E-state index contributed by atoms with van der Waals surface area (Å²) in [6.45, 7) is 5.76. The lowest BCUT2D eigenvalue weighted by Gasteiger charge is -2.02. The second-order valence-corrected chi connectivity index (χ2v) is 4.19. The second kappa shape index (κ2) is 3.23. The van der Waals surface area contributed by atoms with Gasteiger partial charge in [0.15, 0.2) is 5.78 Å². The fraction of sp³-hybridized carbons (Fsp3) is 0.308. The maximum absolute atomic E-state index is 11.5. The highest BCUT2D eigenvalue weighted by atomic mass is 16.1. The molecule has 0 aliphatic rings. The first kappa shape index (κ1) is 9.97. The zero-order chi connectivity index (χ0) is 11.2. The minimum atomic E-state index is 0.130. The van der Waals surface area contributed by atoms with E-state index in [1.165, 1.54) is 11.1 Å². The lowest BCUT2D eigenvalue weighted by atomic mass is 10.0. The number of fused-ring (bicyclic) bond motifs is 1. The quantitative estimate of drug-likeness (QED) is 0.650. The molecule has 0 fully saturated rings. The maximum atomic E-state index is 11.5. The van der Waals surface area contributed by atoms with Crippen LogP contribution in [0.2, 0.25) is 0 Å². The van der Waals surface area contributed by atoms with E-state index in [1.807, 2.05) is 17.8 Å². The second-order valence-electron chi connectivity index (χ2n) is 4.19. The van der Waals surface area contributed by atoms with Gasteiger partial charge in [-0.05, 0) is 32.4 Å². The molecular formula is C13H15NO. The molecule has 0 spiro atoms. The van der Waals surface area contributed by atoms with Crippen molar-refractivity contribution in [1.82, 2.24) is 4.57 Å². The molecule has 1 aromatic heterocycles. The Morgan fingerprint density at radius 1 is 1.27 bits per heavy atom. The molecule has 15 heavy (non-hydrogen) atoms. The number of hydrogen-bond donors (Lipinski definition) is 0. The van der Waals surface area contributed by atoms with E-state index in [1.54, 1.807) is 6.92 Å². The standard InChI is InChI=1S/C13H15NO/c1-8-5-9(2)13-11(6-8)12(10(3)15)7-14(13)4/h5-7H,1-4H3. The monoisotopic (exact) mass is 201 g/mol. The Bertz CT molecular complexity index is 549. The van der Waals surface area contributed by atoms with Gasteiger partial charge in [-0.3, -0.25) is 4.79 Å². The Morgan fingerprint density at radius 3 is 2.53 bits per heavy atom. The van der Waals surface area contributed by atoms with Crippen LogP contribution in [0.4, 0.5) is 0 Å². The molecule has 78 valence electrons. The van der Waals surface area contributed by atoms with E-state index < -0.39 is 0 Å². The molecule has 0 saturated heterocycles. The van der Waals surface area contributed by atoms with Crippen LogP contribution in [-0.4, -0.2) is 10.4 Å². The average molecular weight is 201 g/mol. The summed E-state index contributed by atoms with van der Waals surface area (Å²) in [5.41, 5.74) is 4.40. The van der Waals surface area contributed by atoms with Crippen molar-refractivity contribution in [2.75, 3.05) is 0 Å². The molecule has 2 nitrogen and oxygen atoms in total. The van der Waals surface area contributed by atoms with Crippen molar-refractivity contribution >= 4 is 16.7 Å². The summed E-state index contributed by atoms with van der Waals surface area (Å²) in [4.78, 5) is 11.5. The van der Waals surface area contributed by atoms with Crippen LogP contribution in [0.15, 0.2) is 18.3 Å². The molecule has 2 aromatic rings. The molecule has 0 aliphatic heterocycles. The first-order valence-electron chi connectivity index (χ1n) is 5.08. The molecule has 0 unspecified atom stereocenters. The van der Waals surface area contributed by atoms with Crippen LogP contribution >= 0.6 is 0 Å². The summed E-state index contributed by atoms with van der Waals surface area (Å²) in [6, 6.07) is 4.23. The van der Waals surface area contributed by atoms with Gasteiger partial charge in [0.2, 0.25) is 0 Å². The summed E-state index contributed by atoms with van der Waals surface area (Å²) in [6.07, 6.45) is 1.92. The van der Waals surface area contributed by atoms with Crippen molar-refractivity contribution in [3.63, 3.8) is 0 Å². The fourth-order valence-corrected chi connectivity index (χ4v) is 2.24. The first-order valence-corrected chi connectivity index (χ1v) is 5.08. The summed E-state index contributed by atoms with van der Waals surface area (Å²) < 4.78 is 2.03. The smallest absolute Gasteiger partial charge is 0.161 e. The van der Waals surface area contributed by atoms with Crippen molar-refractivity contribution in [2.45, 2.75) is 20.8 Å². The molecule has 1 aromatic carbocycles. The molecule has 2 heteroatoms. The van der Waals surface area contributed by atoms with E-state index in [0.29, 0.717) is 0 Å². The topological polar surface area (TPSA) is 22.0 Å². The number of rotatable bonds is 1. The highest BCUT2D eigenvalue weighted by molar-refractivity contribution is 6.07. The van der Waals surface area contributed by atoms with Gasteiger partial charge in [-0.25, -0.2) is 0 Å². The molecule has 1 heterocycles. The predicted octanol–water partition coefficient (Wildman–Crippen LogP) is 3.00. The number of Topliss-reactive ketones (excluding diaryl/α,β-unsaturated/α-hetero) is 1. The van der Waals surface area contributed by atoms with Gasteiger partial charge in [0.25, 0.3) is 0 Å². The van der Waals surface area contributed by atoms with Crippen LogP contribution < -0.4 is 0 Å². The molecule has 2 rings (SSSR count). The van der Waals surface area contributed by atoms with Crippen LogP contribution in [0, 0.1) is 13.8 Å². The highest BCUT2D eigenvalue weighted by Crippen LogP contribution is 2.25. The Morgan fingerprint density at radius 2 is 1.93 bits per heavy atom. The minimum Gasteiger partial charge on any atom is -0.350 e. The summed E-state index contributed by atoms with van der Waals surface area (Å²) in [7, 11) is 1.98. The molecule has 0 radical (unpaired) electrons. The summed E-state index contributed by atoms with van der Waals surface area (Å²) in [5, 5.41) is 1.07. The van der Waals surface area contributed by atoms with Crippen molar-refractivity contribution in [1.29, 1.82) is 0 Å². The van der Waals surface area contributed by atoms with Crippen LogP contribution in [-0.2, 0) is 7.05 Å². The number of aromatic nitrogens is 1. The number of aryl methyl sites for hydroxylation is 3. The third-order valence-electron chi connectivity index (χ3n) is 2.79. The number of benzene rings is 1. The molecule has 0 bridgehead atoms. The number of carbonyl (C=O) groups is 1. The largest absolute Gasteiger partial charge is 0.350 e. The van der Waals surface area contributed by atoms with Crippen molar-refractivity contribution < 1.29 is 4.79 Å². The Hall–Kier alpha value is -1.57. The van der Waals surface area contributed by atoms with E-state index >= 15 is 0 Å². The van der Waals surface area contributed by atoms with E-state index in [2.05, 4.69) is 26.0 Å². The first-order chi connectivity index (χ1) is 7.00. The van der Waals surface area contributed by atoms with Crippen LogP contribution in [0.5, 0.6) is 0 Å². The van der Waals surface area contributed by atoms with E-state index in [0.717, 1.165) is 16.5 Å². The van der Waals surface area contributed by atoms with Gasteiger partial charge in [-0.2, -0.15) is 0 Å².